The number of aromatic nitrogens is 3. The fourth-order valence-corrected chi connectivity index (χ4v) is 4.13. The number of hydrogen-bond donors (Lipinski definition) is 3. The van der Waals surface area contributed by atoms with Gasteiger partial charge in [-0.1, -0.05) is 0 Å². The van der Waals surface area contributed by atoms with Crippen LogP contribution in [-0.2, 0) is 5.60 Å². The Morgan fingerprint density at radius 2 is 2.03 bits per heavy atom. The van der Waals surface area contributed by atoms with E-state index in [2.05, 4.69) is 10.3 Å². The number of anilines is 1. The minimum Gasteiger partial charge on any atom is -0.448 e. The fourth-order valence-electron chi connectivity index (χ4n) is 4.13. The number of carbonyl (C=O) groups excluding carboxylic acids is 1. The van der Waals surface area contributed by atoms with E-state index in [0.717, 1.165) is 36.6 Å². The molecule has 4 rings (SSSR count). The van der Waals surface area contributed by atoms with Crippen LogP contribution in [0.3, 0.4) is 0 Å². The van der Waals surface area contributed by atoms with Crippen molar-refractivity contribution in [2.24, 2.45) is 5.92 Å². The first-order valence-electron chi connectivity index (χ1n) is 10.3. The molecule has 0 bridgehead atoms. The molecule has 160 valence electrons. The van der Waals surface area contributed by atoms with Gasteiger partial charge in [0.15, 0.2) is 11.6 Å². The molecular formula is C22H28N4O4. The second-order valence-electron chi connectivity index (χ2n) is 8.69. The van der Waals surface area contributed by atoms with Crippen LogP contribution in [0.1, 0.15) is 67.5 Å². The standard InChI is InChI=1S/C22H28N4O4/c1-13-23-20(12-30-13)21(28)24-19-8-15-10-26(16-6-4-14(11-27)5-7-16)25-18(15)9-17(19)22(2,3)29/h8-10,12,14,16,27,29H,4-7,11H2,1-3H3,(H,24,28)/t14-,16-. The summed E-state index contributed by atoms with van der Waals surface area (Å²) in [5, 5.41) is 28.5. The Morgan fingerprint density at radius 1 is 1.30 bits per heavy atom. The van der Waals surface area contributed by atoms with Crippen LogP contribution in [0.4, 0.5) is 5.69 Å². The summed E-state index contributed by atoms with van der Waals surface area (Å²) < 4.78 is 7.11. The van der Waals surface area contributed by atoms with Gasteiger partial charge >= 0.3 is 0 Å². The topological polar surface area (TPSA) is 113 Å². The Hall–Kier alpha value is -2.71. The molecule has 8 nitrogen and oxygen atoms in total. The van der Waals surface area contributed by atoms with Crippen molar-refractivity contribution in [2.45, 2.75) is 58.1 Å². The number of rotatable bonds is 5. The third-order valence-corrected chi connectivity index (χ3v) is 5.87. The molecule has 30 heavy (non-hydrogen) atoms. The highest BCUT2D eigenvalue weighted by atomic mass is 16.3. The second-order valence-corrected chi connectivity index (χ2v) is 8.69. The molecular weight excluding hydrogens is 384 g/mol. The van der Waals surface area contributed by atoms with E-state index in [1.807, 2.05) is 23.0 Å². The van der Waals surface area contributed by atoms with Gasteiger partial charge in [-0.2, -0.15) is 5.10 Å². The zero-order valence-electron chi connectivity index (χ0n) is 17.6. The first-order chi connectivity index (χ1) is 14.2. The zero-order chi connectivity index (χ0) is 21.5. The Bertz CT molecular complexity index is 1050. The summed E-state index contributed by atoms with van der Waals surface area (Å²) >= 11 is 0. The van der Waals surface area contributed by atoms with Crippen molar-refractivity contribution in [3.05, 3.63) is 41.7 Å². The Kier molecular flexibility index (Phi) is 5.38. The Balaban J connectivity index is 1.66. The van der Waals surface area contributed by atoms with E-state index < -0.39 is 11.5 Å². The summed E-state index contributed by atoms with van der Waals surface area (Å²) in [7, 11) is 0. The van der Waals surface area contributed by atoms with Gasteiger partial charge in [0.1, 0.15) is 6.26 Å². The Morgan fingerprint density at radius 3 is 2.63 bits per heavy atom. The van der Waals surface area contributed by atoms with Gasteiger partial charge in [0.25, 0.3) is 5.91 Å². The molecule has 3 aromatic rings. The molecule has 2 aromatic heterocycles. The molecule has 1 fully saturated rings. The summed E-state index contributed by atoms with van der Waals surface area (Å²) in [4.78, 5) is 16.7. The lowest BCUT2D eigenvalue weighted by atomic mass is 9.87. The van der Waals surface area contributed by atoms with Crippen molar-refractivity contribution >= 4 is 22.5 Å². The lowest BCUT2D eigenvalue weighted by Gasteiger charge is -2.27. The number of aliphatic hydroxyl groups is 2. The number of nitrogens with zero attached hydrogens (tertiary/aromatic N) is 3. The minimum absolute atomic E-state index is 0.186. The molecule has 1 aliphatic rings. The van der Waals surface area contributed by atoms with Gasteiger partial charge in [0.05, 0.1) is 17.2 Å². The molecule has 1 aliphatic carbocycles. The number of fused-ring (bicyclic) bond motifs is 1. The van der Waals surface area contributed by atoms with Crippen LogP contribution in [-0.4, -0.2) is 37.5 Å². The van der Waals surface area contributed by atoms with Gasteiger partial charge in [0.2, 0.25) is 0 Å². The maximum absolute atomic E-state index is 12.6. The number of aliphatic hydroxyl groups excluding tert-OH is 1. The predicted molar refractivity (Wildman–Crippen MR) is 112 cm³/mol. The van der Waals surface area contributed by atoms with Crippen molar-refractivity contribution in [1.29, 1.82) is 0 Å². The second kappa shape index (κ2) is 7.85. The van der Waals surface area contributed by atoms with Crippen LogP contribution < -0.4 is 5.32 Å². The van der Waals surface area contributed by atoms with Crippen molar-refractivity contribution < 1.29 is 19.4 Å². The number of oxazole rings is 1. The van der Waals surface area contributed by atoms with Gasteiger partial charge in [-0.15, -0.1) is 0 Å². The third-order valence-electron chi connectivity index (χ3n) is 5.87. The van der Waals surface area contributed by atoms with Gasteiger partial charge in [0, 0.05) is 36.4 Å². The number of carbonyl (C=O) groups is 1. The molecule has 0 aliphatic heterocycles. The average molecular weight is 412 g/mol. The molecule has 3 N–H and O–H groups in total. The molecule has 1 saturated carbocycles. The number of nitrogens with one attached hydrogen (secondary N) is 1. The summed E-state index contributed by atoms with van der Waals surface area (Å²) in [5.74, 6) is 0.400. The largest absolute Gasteiger partial charge is 0.448 e. The van der Waals surface area contributed by atoms with Crippen LogP contribution in [0.25, 0.3) is 10.9 Å². The van der Waals surface area contributed by atoms with Crippen LogP contribution in [0.2, 0.25) is 0 Å². The van der Waals surface area contributed by atoms with E-state index in [0.29, 0.717) is 29.1 Å². The lowest BCUT2D eigenvalue weighted by molar-refractivity contribution is 0.0793. The molecule has 2 heterocycles. The van der Waals surface area contributed by atoms with E-state index in [4.69, 9.17) is 9.52 Å². The molecule has 0 atom stereocenters. The first-order valence-corrected chi connectivity index (χ1v) is 10.3. The lowest BCUT2D eigenvalue weighted by Crippen LogP contribution is -2.21. The van der Waals surface area contributed by atoms with Crippen LogP contribution >= 0.6 is 0 Å². The summed E-state index contributed by atoms with van der Waals surface area (Å²) in [6, 6.07) is 3.97. The number of benzene rings is 1. The maximum Gasteiger partial charge on any atom is 0.277 e. The van der Waals surface area contributed by atoms with Crippen molar-refractivity contribution in [3.63, 3.8) is 0 Å². The molecule has 0 saturated heterocycles. The van der Waals surface area contributed by atoms with Gasteiger partial charge in [-0.25, -0.2) is 4.98 Å². The predicted octanol–water partition coefficient (Wildman–Crippen LogP) is 3.54. The monoisotopic (exact) mass is 412 g/mol. The summed E-state index contributed by atoms with van der Waals surface area (Å²) in [5.41, 5.74) is 0.888. The first kappa shape index (κ1) is 20.6. The van der Waals surface area contributed by atoms with Crippen molar-refractivity contribution in [2.75, 3.05) is 11.9 Å². The molecule has 1 aromatic carbocycles. The quantitative estimate of drug-likeness (QED) is 0.591. The molecule has 8 heteroatoms. The minimum atomic E-state index is -1.17. The highest BCUT2D eigenvalue weighted by Gasteiger charge is 2.26. The maximum atomic E-state index is 12.6. The normalized spacial score (nSPS) is 19.9. The van der Waals surface area contributed by atoms with E-state index in [9.17, 15) is 15.0 Å². The van der Waals surface area contributed by atoms with Crippen LogP contribution in [0, 0.1) is 12.8 Å². The van der Waals surface area contributed by atoms with E-state index in [-0.39, 0.29) is 12.3 Å². The SMILES string of the molecule is Cc1nc(C(=O)Nc2cc3cn([C@H]4CC[C@H](CO)CC4)nc3cc2C(C)(C)O)co1. The van der Waals surface area contributed by atoms with Crippen molar-refractivity contribution in [3.8, 4) is 0 Å². The summed E-state index contributed by atoms with van der Waals surface area (Å²) in [6.07, 6.45) is 7.24. The van der Waals surface area contributed by atoms with E-state index >= 15 is 0 Å². The highest BCUT2D eigenvalue weighted by Crippen LogP contribution is 2.35. The smallest absolute Gasteiger partial charge is 0.277 e. The van der Waals surface area contributed by atoms with Crippen molar-refractivity contribution in [1.82, 2.24) is 14.8 Å². The van der Waals surface area contributed by atoms with E-state index in [1.54, 1.807) is 20.8 Å². The molecule has 0 spiro atoms. The molecule has 1 amide bonds. The van der Waals surface area contributed by atoms with Crippen LogP contribution in [0.15, 0.2) is 29.0 Å². The number of amides is 1. The number of hydrogen-bond acceptors (Lipinski definition) is 6. The van der Waals surface area contributed by atoms with Gasteiger partial charge < -0.3 is 19.9 Å². The Labute approximate surface area is 174 Å². The van der Waals surface area contributed by atoms with E-state index in [1.165, 1.54) is 6.26 Å². The van der Waals surface area contributed by atoms with Gasteiger partial charge in [-0.3, -0.25) is 9.48 Å². The fraction of sp³-hybridized carbons (Fsp3) is 0.500. The highest BCUT2D eigenvalue weighted by molar-refractivity contribution is 6.04. The third kappa shape index (κ3) is 4.11. The average Bonchev–Trinajstić information content (AvgIpc) is 3.32. The summed E-state index contributed by atoms with van der Waals surface area (Å²) in [6.45, 7) is 5.28. The molecule has 0 unspecified atom stereocenters. The molecule has 0 radical (unpaired) electrons. The zero-order valence-corrected chi connectivity index (χ0v) is 17.6. The van der Waals surface area contributed by atoms with Crippen LogP contribution in [0.5, 0.6) is 0 Å². The number of aryl methyl sites for hydroxylation is 1. The van der Waals surface area contributed by atoms with Gasteiger partial charge in [-0.05, 0) is 57.6 Å².